The number of hydrogen-bond donors (Lipinski definition) is 0. The Labute approximate surface area is 867 Å². The molecule has 0 atom stereocenters. The topological polar surface area (TPSA) is 252 Å². The van der Waals surface area contributed by atoms with Gasteiger partial charge in [-0.25, -0.2) is 26.8 Å². The molecule has 8 rings (SSSR count). The number of benzene rings is 5. The molecule has 0 saturated carbocycles. The first-order valence-corrected chi connectivity index (χ1v) is 57.2. The second-order valence-corrected chi connectivity index (χ2v) is 43.9. The SMILES string of the molecule is CCCN(CCC)C(=O)c1cc(C(C)C)cc(N(C)S(C)(=O)=O)c1.CCCN(CCC)C(=O)c1cc(C(C)C)cc(N2CCCS2(=O)=O)c1.CCCN(CCC)C(=O)c1cc(C)cc(C(C)C)c1.CCCN(CCC)C(=O)c1cc(C)cc(C(C)C)n1.CCCN(CCC)C(=O)c1cc(OC)cc(C(C)C)c1.CCCN(CCC)C(=O)c1cccc(C(C)C)c1.CCCN(CCC)C(=O)c1cccc(C(C)C)n1. The molecule has 1 aliphatic heterocycles. The Hall–Kier alpha value is -10.0. The maximum atomic E-state index is 13.0. The van der Waals surface area contributed by atoms with Gasteiger partial charge in [0, 0.05) is 144 Å². The van der Waals surface area contributed by atoms with Crippen molar-refractivity contribution in [3.63, 3.8) is 0 Å². The zero-order valence-electron chi connectivity index (χ0n) is 94.7. The van der Waals surface area contributed by atoms with Gasteiger partial charge in [-0.1, -0.05) is 224 Å². The fourth-order valence-electron chi connectivity index (χ4n) is 16.3. The monoisotopic (exact) mass is 2020 g/mol. The Morgan fingerprint density at radius 3 is 0.993 bits per heavy atom. The van der Waals surface area contributed by atoms with Crippen molar-refractivity contribution >= 4 is 72.8 Å². The van der Waals surface area contributed by atoms with Crippen LogP contribution in [-0.2, 0) is 20.0 Å². The summed E-state index contributed by atoms with van der Waals surface area (Å²) in [5, 5.41) is 0. The van der Waals surface area contributed by atoms with Crippen LogP contribution < -0.4 is 13.3 Å². The molecule has 25 heteroatoms. The zero-order valence-corrected chi connectivity index (χ0v) is 96.4. The molecule has 0 bridgehead atoms. The first kappa shape index (κ1) is 129. The summed E-state index contributed by atoms with van der Waals surface area (Å²) < 4.78 is 56.3. The van der Waals surface area contributed by atoms with E-state index in [4.69, 9.17) is 4.74 Å². The fraction of sp³-hybridized carbons (Fsp3) is 0.602. The van der Waals surface area contributed by atoms with Crippen molar-refractivity contribution in [2.75, 3.05) is 133 Å². The van der Waals surface area contributed by atoms with Crippen LogP contribution in [0.4, 0.5) is 11.4 Å². The first-order chi connectivity index (χ1) is 67.6. The molecule has 5 aromatic carbocycles. The number of anilines is 2. The third-order valence-electron chi connectivity index (χ3n) is 24.1. The molecule has 23 nitrogen and oxygen atoms in total. The lowest BCUT2D eigenvalue weighted by Crippen LogP contribution is -2.33. The summed E-state index contributed by atoms with van der Waals surface area (Å²) in [4.78, 5) is 111. The van der Waals surface area contributed by atoms with Gasteiger partial charge in [0.2, 0.25) is 20.0 Å². The minimum absolute atomic E-state index is 0.0101. The Kier molecular flexibility index (Phi) is 61.0. The molecular formula is C118H189N11O12S2. The number of rotatable bonds is 46. The number of aromatic nitrogens is 2. The number of carbonyl (C=O) groups is 7. The lowest BCUT2D eigenvalue weighted by molar-refractivity contribution is 0.0742. The molecule has 1 fully saturated rings. The standard InChI is InChI=1S/C19H30N2O3S.C18H30N2O3S.C17H27NO2.C17H27NO.C16H26N2O.C16H25NO.C15H24N2O/c1-5-8-20(9-6-2)19(22)17-12-16(15(3)4)13-18(14-17)21-10-7-11-25(21,23)24;1-7-9-20(10-8-2)18(21)16-11-15(14(3)4)12-17(13-16)19(5)24(6,22)23;1-6-8-18(9-7-2)17(19)15-10-14(13(3)4)11-16(12-15)20-5;1-6-8-18(9-7-2)17(19)16-11-14(5)10-15(12-16)13(3)4;1-6-8-18(9-7-2)16(19)15-11-13(5)10-14(17-15)12(3)4;1-5-10-17(11-6-2)16(18)15-9-7-8-14(12-15)13(3)4;1-5-10-17(11-6-2)15(18)14-9-7-8-13(16-14)12(3)4/h12-15H,5-11H2,1-4H3;11-14H,7-10H2,1-6H3;10-13H,6-9H2,1-5H3;10-13H,6-9H2,1-5H3;10-12H,6-9H2,1-5H3;7-9,12-13H,5-6,10-11H2,1-4H3;7-9,12H,5-6,10-11H2,1-4H3. The van der Waals surface area contributed by atoms with E-state index < -0.39 is 20.0 Å². The Morgan fingerprint density at radius 1 is 0.336 bits per heavy atom. The molecule has 7 aromatic rings. The summed E-state index contributed by atoms with van der Waals surface area (Å²) in [6.07, 6.45) is 15.3. The average Bonchev–Trinajstić information content (AvgIpc) is 1.75. The number of ether oxygens (including phenoxy) is 1. The van der Waals surface area contributed by atoms with Crippen LogP contribution in [0.5, 0.6) is 5.75 Å². The highest BCUT2D eigenvalue weighted by Crippen LogP contribution is 2.33. The molecule has 0 N–H and O–H groups in total. The molecule has 143 heavy (non-hydrogen) atoms. The fourth-order valence-corrected chi connectivity index (χ4v) is 18.4. The van der Waals surface area contributed by atoms with Gasteiger partial charge in [0.1, 0.15) is 17.1 Å². The number of amides is 7. The quantitative estimate of drug-likeness (QED) is 0.0344. The van der Waals surface area contributed by atoms with Gasteiger partial charge in [0.25, 0.3) is 41.4 Å². The molecule has 800 valence electrons. The van der Waals surface area contributed by atoms with E-state index in [2.05, 4.69) is 207 Å². The normalized spacial score (nSPS) is 11.9. The van der Waals surface area contributed by atoms with Gasteiger partial charge in [0.15, 0.2) is 0 Å². The second kappa shape index (κ2) is 67.6. The summed E-state index contributed by atoms with van der Waals surface area (Å²) in [5.41, 5.74) is 15.7. The van der Waals surface area contributed by atoms with Crippen LogP contribution in [0.3, 0.4) is 0 Å². The molecule has 1 saturated heterocycles. The van der Waals surface area contributed by atoms with Gasteiger partial charge in [-0.15, -0.1) is 0 Å². The molecule has 3 heterocycles. The van der Waals surface area contributed by atoms with Crippen molar-refractivity contribution in [3.8, 4) is 5.75 Å². The number of hydrogen-bond acceptors (Lipinski definition) is 14. The molecule has 0 radical (unpaired) electrons. The van der Waals surface area contributed by atoms with E-state index in [0.29, 0.717) is 89.5 Å². The third-order valence-corrected chi connectivity index (χ3v) is 27.2. The summed E-state index contributed by atoms with van der Waals surface area (Å²) in [5.74, 6) is 3.88. The molecule has 1 aliphatic rings. The Morgan fingerprint density at radius 2 is 0.643 bits per heavy atom. The molecule has 7 amide bonds. The zero-order chi connectivity index (χ0) is 108. The van der Waals surface area contributed by atoms with E-state index in [1.54, 1.807) is 19.2 Å². The number of pyridine rings is 2. The van der Waals surface area contributed by atoms with Crippen molar-refractivity contribution < 1.29 is 55.1 Å². The van der Waals surface area contributed by atoms with Crippen LogP contribution in [0.25, 0.3) is 0 Å². The number of aryl methyl sites for hydroxylation is 2. The molecule has 0 aliphatic carbocycles. The van der Waals surface area contributed by atoms with E-state index in [1.807, 2.05) is 160 Å². The molecule has 0 spiro atoms. The van der Waals surface area contributed by atoms with Crippen molar-refractivity contribution in [3.05, 3.63) is 217 Å². The highest BCUT2D eigenvalue weighted by atomic mass is 32.2. The average molecular weight is 2020 g/mol. The summed E-state index contributed by atoms with van der Waals surface area (Å²) in [6, 6.07) is 40.7. The highest BCUT2D eigenvalue weighted by molar-refractivity contribution is 7.93. The van der Waals surface area contributed by atoms with E-state index in [0.717, 1.165) is 231 Å². The molecular weight excluding hydrogens is 1830 g/mol. The van der Waals surface area contributed by atoms with Crippen LogP contribution in [-0.4, -0.2) is 227 Å². The summed E-state index contributed by atoms with van der Waals surface area (Å²) in [6.45, 7) is 74.3. The van der Waals surface area contributed by atoms with Crippen LogP contribution in [0.2, 0.25) is 0 Å². The number of nitrogens with zero attached hydrogens (tertiary/aromatic N) is 11. The Balaban J connectivity index is 0.000000566. The molecule has 2 aromatic heterocycles. The van der Waals surface area contributed by atoms with Crippen molar-refractivity contribution in [2.24, 2.45) is 0 Å². The lowest BCUT2D eigenvalue weighted by atomic mass is 9.97. The first-order valence-electron chi connectivity index (χ1n) is 53.8. The van der Waals surface area contributed by atoms with Gasteiger partial charge in [-0.2, -0.15) is 0 Å². The summed E-state index contributed by atoms with van der Waals surface area (Å²) in [7, 11) is -3.48. The van der Waals surface area contributed by atoms with Crippen LogP contribution in [0, 0.1) is 13.8 Å². The van der Waals surface area contributed by atoms with Crippen molar-refractivity contribution in [2.45, 2.75) is 345 Å². The number of sulfonamides is 2. The predicted molar refractivity (Wildman–Crippen MR) is 600 cm³/mol. The minimum Gasteiger partial charge on any atom is -0.497 e. The third kappa shape index (κ3) is 44.1. The van der Waals surface area contributed by atoms with E-state index in [1.165, 1.54) is 32.3 Å². The van der Waals surface area contributed by atoms with Crippen LogP contribution >= 0.6 is 0 Å². The molecule has 0 unspecified atom stereocenters. The van der Waals surface area contributed by atoms with Crippen LogP contribution in [0.15, 0.2) is 127 Å². The number of methoxy groups -OCH3 is 1. The van der Waals surface area contributed by atoms with Crippen molar-refractivity contribution in [1.82, 2.24) is 44.3 Å². The van der Waals surface area contributed by atoms with Gasteiger partial charge >= 0.3 is 0 Å². The van der Waals surface area contributed by atoms with Crippen LogP contribution in [0.1, 0.15) is 455 Å². The minimum atomic E-state index is -3.37. The van der Waals surface area contributed by atoms with E-state index >= 15 is 0 Å². The van der Waals surface area contributed by atoms with Crippen molar-refractivity contribution in [1.29, 1.82) is 0 Å². The van der Waals surface area contributed by atoms with E-state index in [9.17, 15) is 50.4 Å². The van der Waals surface area contributed by atoms with Gasteiger partial charge in [0.05, 0.1) is 30.5 Å². The van der Waals surface area contributed by atoms with Gasteiger partial charge in [-0.05, 0) is 288 Å². The predicted octanol–water partition coefficient (Wildman–Crippen LogP) is 26.9. The summed E-state index contributed by atoms with van der Waals surface area (Å²) >= 11 is 0. The lowest BCUT2D eigenvalue weighted by Gasteiger charge is -2.24. The number of carbonyl (C=O) groups excluding carboxylic acids is 7. The van der Waals surface area contributed by atoms with Gasteiger partial charge < -0.3 is 39.0 Å². The Bertz CT molecular complexity index is 5030. The van der Waals surface area contributed by atoms with Gasteiger partial charge in [-0.3, -0.25) is 42.2 Å². The largest absolute Gasteiger partial charge is 0.497 e. The van der Waals surface area contributed by atoms with E-state index in [-0.39, 0.29) is 58.9 Å². The maximum Gasteiger partial charge on any atom is 0.272 e. The second-order valence-electron chi connectivity index (χ2n) is 39.9. The maximum absolute atomic E-state index is 13.0. The smallest absolute Gasteiger partial charge is 0.272 e. The highest BCUT2D eigenvalue weighted by Gasteiger charge is 2.31.